The van der Waals surface area contributed by atoms with Crippen LogP contribution >= 0.6 is 11.8 Å². The van der Waals surface area contributed by atoms with Gasteiger partial charge in [0.05, 0.1) is 6.33 Å². The van der Waals surface area contributed by atoms with Crippen molar-refractivity contribution in [1.82, 2.24) is 9.55 Å². The number of rotatable bonds is 8. The monoisotopic (exact) mass is 417 g/mol. The predicted octanol–water partition coefficient (Wildman–Crippen LogP) is 5.03. The minimum atomic E-state index is -1.50. The van der Waals surface area contributed by atoms with Gasteiger partial charge in [0.2, 0.25) is 0 Å². The van der Waals surface area contributed by atoms with Gasteiger partial charge in [0.15, 0.2) is 0 Å². The topological polar surface area (TPSA) is 81.2 Å². The first-order valence-corrected chi connectivity index (χ1v) is 10.1. The Bertz CT molecular complexity index is 869. The summed E-state index contributed by atoms with van der Waals surface area (Å²) in [7, 11) is 0. The van der Waals surface area contributed by atoms with E-state index in [2.05, 4.69) is 40.7 Å². The minimum absolute atomic E-state index is 0.176. The molecule has 0 saturated heterocycles. The number of hydrogen-bond acceptors (Lipinski definition) is 4. The van der Waals surface area contributed by atoms with Crippen LogP contribution in [-0.2, 0) is 19.4 Å². The zero-order valence-electron chi connectivity index (χ0n) is 16.1. The zero-order valence-corrected chi connectivity index (χ0v) is 17.0. The van der Waals surface area contributed by atoms with Crippen molar-refractivity contribution < 1.29 is 14.7 Å². The fourth-order valence-corrected chi connectivity index (χ4v) is 4.25. The number of benzene rings is 2. The maximum absolute atomic E-state index is 13.1. The van der Waals surface area contributed by atoms with Crippen molar-refractivity contribution in [3.05, 3.63) is 94.3 Å². The molecular weight excluding hydrogens is 393 g/mol. The van der Waals surface area contributed by atoms with Crippen LogP contribution in [-0.4, -0.2) is 25.1 Å². The average Bonchev–Trinajstić information content (AvgIpc) is 3.20. The Hall–Kier alpha value is -2.87. The lowest BCUT2D eigenvalue weighted by Gasteiger charge is -2.19. The molecule has 154 valence electrons. The Morgan fingerprint density at radius 2 is 1.93 bits per heavy atom. The van der Waals surface area contributed by atoms with E-state index in [4.69, 9.17) is 15.3 Å². The van der Waals surface area contributed by atoms with Gasteiger partial charge in [0.1, 0.15) is 5.82 Å². The molecule has 1 unspecified atom stereocenters. The molecule has 1 atom stereocenters. The largest absolute Gasteiger partial charge is 0.336 e. The van der Waals surface area contributed by atoms with Crippen molar-refractivity contribution in [2.75, 3.05) is 0 Å². The van der Waals surface area contributed by atoms with E-state index in [1.165, 1.54) is 16.0 Å². The molecule has 0 saturated carbocycles. The smallest absolute Gasteiger partial charge is 0.291 e. The van der Waals surface area contributed by atoms with E-state index in [1.54, 1.807) is 12.1 Å². The lowest BCUT2D eigenvalue weighted by molar-refractivity contribution is -0.742. The Balaban J connectivity index is 0.000000687. The normalized spacial score (nSPS) is 11.4. The molecule has 0 aliphatic heterocycles. The number of halogens is 1. The maximum atomic E-state index is 13.1. The highest BCUT2D eigenvalue weighted by atomic mass is 32.2. The fourth-order valence-electron chi connectivity index (χ4n) is 2.89. The lowest BCUT2D eigenvalue weighted by Crippen LogP contribution is -2.13. The quantitative estimate of drug-likeness (QED) is 0.316. The molecule has 8 heteroatoms. The van der Waals surface area contributed by atoms with Crippen molar-refractivity contribution >= 4 is 11.8 Å². The second kappa shape index (κ2) is 11.9. The van der Waals surface area contributed by atoms with Gasteiger partial charge in [0.25, 0.3) is 5.09 Å². The highest BCUT2D eigenvalue weighted by Gasteiger charge is 2.14. The van der Waals surface area contributed by atoms with Crippen molar-refractivity contribution in [2.24, 2.45) is 0 Å². The maximum Gasteiger partial charge on any atom is 0.291 e. The first kappa shape index (κ1) is 22.4. The molecule has 0 amide bonds. The van der Waals surface area contributed by atoms with Crippen molar-refractivity contribution in [3.63, 3.8) is 0 Å². The molecule has 3 rings (SSSR count). The molecule has 0 fully saturated rings. The second-order valence-corrected chi connectivity index (χ2v) is 7.71. The van der Waals surface area contributed by atoms with Crippen LogP contribution in [0.3, 0.4) is 0 Å². The van der Waals surface area contributed by atoms with Crippen LogP contribution in [0.1, 0.15) is 24.5 Å². The molecule has 0 spiro atoms. The Kier molecular flexibility index (Phi) is 9.17. The molecule has 0 radical (unpaired) electrons. The summed E-state index contributed by atoms with van der Waals surface area (Å²) in [6.07, 6.45) is 8.72. The van der Waals surface area contributed by atoms with Gasteiger partial charge in [-0.25, -0.2) is 9.37 Å². The third kappa shape index (κ3) is 8.35. The lowest BCUT2D eigenvalue weighted by atomic mass is 10.1. The molecule has 29 heavy (non-hydrogen) atoms. The molecule has 0 aliphatic carbocycles. The summed E-state index contributed by atoms with van der Waals surface area (Å²) in [6.45, 7) is 3.12. The fraction of sp³-hybridized carbons (Fsp3) is 0.286. The van der Waals surface area contributed by atoms with Gasteiger partial charge in [0, 0.05) is 29.1 Å². The summed E-state index contributed by atoms with van der Waals surface area (Å²) >= 11 is 1.94. The molecule has 1 N–H and O–H groups in total. The Labute approximate surface area is 173 Å². The zero-order chi connectivity index (χ0) is 21.1. The highest BCUT2D eigenvalue weighted by molar-refractivity contribution is 8.00. The minimum Gasteiger partial charge on any atom is -0.336 e. The third-order valence-electron chi connectivity index (χ3n) is 4.29. The summed E-state index contributed by atoms with van der Waals surface area (Å²) in [5.41, 5.74) is 2.58. The van der Waals surface area contributed by atoms with Gasteiger partial charge < -0.3 is 9.77 Å². The van der Waals surface area contributed by atoms with Gasteiger partial charge >= 0.3 is 0 Å². The van der Waals surface area contributed by atoms with Gasteiger partial charge in [-0.1, -0.05) is 37.3 Å². The van der Waals surface area contributed by atoms with Crippen molar-refractivity contribution in [2.45, 2.75) is 42.9 Å². The molecule has 3 aromatic rings. The molecule has 0 bridgehead atoms. The number of hydrogen-bond donors (Lipinski definition) is 1. The van der Waals surface area contributed by atoms with E-state index in [0.29, 0.717) is 5.25 Å². The van der Waals surface area contributed by atoms with Crippen molar-refractivity contribution in [1.29, 1.82) is 0 Å². The summed E-state index contributed by atoms with van der Waals surface area (Å²) in [5, 5.41) is 14.1. The van der Waals surface area contributed by atoms with E-state index >= 15 is 0 Å². The highest BCUT2D eigenvalue weighted by Crippen LogP contribution is 2.30. The molecule has 1 heterocycles. The second-order valence-electron chi connectivity index (χ2n) is 6.36. The molecule has 2 aromatic carbocycles. The van der Waals surface area contributed by atoms with E-state index in [9.17, 15) is 4.39 Å². The van der Waals surface area contributed by atoms with E-state index in [1.807, 2.05) is 42.6 Å². The Morgan fingerprint density at radius 3 is 2.55 bits per heavy atom. The first-order valence-electron chi connectivity index (χ1n) is 9.26. The number of nitrogens with zero attached hydrogens (tertiary/aromatic N) is 3. The standard InChI is InChI=1S/C21H23FN2S.HNO3/c1-2-18-5-3-4-6-21(18)25-20(15-24-14-13-23-16-24)12-9-17-7-10-19(22)11-8-17;2-1(3)4/h3-8,10-11,13-14,16,20H,2,9,12,15H2,1H3;(H,2,3,4). The van der Waals surface area contributed by atoms with Crippen LogP contribution < -0.4 is 0 Å². The number of aryl methyl sites for hydroxylation is 2. The van der Waals surface area contributed by atoms with E-state index < -0.39 is 5.09 Å². The average molecular weight is 418 g/mol. The number of imidazole rings is 1. The van der Waals surface area contributed by atoms with Crippen LogP contribution in [0.2, 0.25) is 0 Å². The van der Waals surface area contributed by atoms with E-state index in [-0.39, 0.29) is 5.82 Å². The van der Waals surface area contributed by atoms with E-state index in [0.717, 1.165) is 25.8 Å². The Morgan fingerprint density at radius 1 is 1.24 bits per heavy atom. The molecule has 1 aromatic heterocycles. The third-order valence-corrected chi connectivity index (χ3v) is 5.66. The summed E-state index contributed by atoms with van der Waals surface area (Å²) in [5.74, 6) is -0.176. The number of aromatic nitrogens is 2. The molecular formula is C21H24FN3O3S. The number of thioether (sulfide) groups is 1. The van der Waals surface area contributed by atoms with Crippen LogP contribution in [0.15, 0.2) is 72.1 Å². The molecule has 6 nitrogen and oxygen atoms in total. The summed E-state index contributed by atoms with van der Waals surface area (Å²) < 4.78 is 15.2. The van der Waals surface area contributed by atoms with Crippen LogP contribution in [0.5, 0.6) is 0 Å². The summed E-state index contributed by atoms with van der Waals surface area (Å²) in [6, 6.07) is 15.5. The van der Waals surface area contributed by atoms with Gasteiger partial charge in [-0.15, -0.1) is 21.9 Å². The van der Waals surface area contributed by atoms with Gasteiger partial charge in [-0.2, -0.15) is 0 Å². The SMILES string of the molecule is CCc1ccccc1SC(CCc1ccc(F)cc1)Cn1ccnc1.O=[N+]([O-])O. The molecule has 0 aliphatic rings. The summed E-state index contributed by atoms with van der Waals surface area (Å²) in [4.78, 5) is 13.9. The van der Waals surface area contributed by atoms with Crippen LogP contribution in [0.4, 0.5) is 4.39 Å². The van der Waals surface area contributed by atoms with Crippen LogP contribution in [0, 0.1) is 15.9 Å². The predicted molar refractivity (Wildman–Crippen MR) is 111 cm³/mol. The van der Waals surface area contributed by atoms with Gasteiger partial charge in [-0.3, -0.25) is 0 Å². The van der Waals surface area contributed by atoms with Crippen molar-refractivity contribution in [3.8, 4) is 0 Å². The van der Waals surface area contributed by atoms with Crippen LogP contribution in [0.25, 0.3) is 0 Å². The van der Waals surface area contributed by atoms with Gasteiger partial charge in [-0.05, 0) is 48.6 Å². The first-order chi connectivity index (χ1) is 14.0.